The van der Waals surface area contributed by atoms with Crippen molar-refractivity contribution in [1.29, 1.82) is 0 Å². The Balaban J connectivity index is 1.37. The van der Waals surface area contributed by atoms with E-state index >= 15 is 0 Å². The predicted molar refractivity (Wildman–Crippen MR) is 116 cm³/mol. The molecule has 166 valence electrons. The van der Waals surface area contributed by atoms with E-state index in [1.165, 1.54) is 48.0 Å². The number of hydrogen-bond donors (Lipinski definition) is 2. The largest absolute Gasteiger partial charge is 0.573 e. The van der Waals surface area contributed by atoms with Gasteiger partial charge in [0.05, 0.1) is 5.39 Å². The van der Waals surface area contributed by atoms with Crippen LogP contribution in [0.3, 0.4) is 0 Å². The normalized spacial score (nSPS) is 11.6. The van der Waals surface area contributed by atoms with Gasteiger partial charge in [0.2, 0.25) is 0 Å². The second-order valence-electron chi connectivity index (χ2n) is 6.86. The van der Waals surface area contributed by atoms with Crippen LogP contribution in [0.5, 0.6) is 5.75 Å². The zero-order valence-electron chi connectivity index (χ0n) is 16.6. The second kappa shape index (κ2) is 9.49. The van der Waals surface area contributed by atoms with Crippen molar-refractivity contribution < 1.29 is 22.3 Å². The molecule has 32 heavy (non-hydrogen) atoms. The van der Waals surface area contributed by atoms with Gasteiger partial charge in [-0.2, -0.15) is 0 Å². The van der Waals surface area contributed by atoms with Crippen molar-refractivity contribution >= 4 is 27.4 Å². The molecule has 0 saturated heterocycles. The fourth-order valence-electron chi connectivity index (χ4n) is 3.21. The molecule has 10 heteroatoms. The van der Waals surface area contributed by atoms with Crippen molar-refractivity contribution in [3.63, 3.8) is 0 Å². The average molecular weight is 462 g/mol. The smallest absolute Gasteiger partial charge is 0.406 e. The number of aromatic nitrogens is 2. The number of anilines is 1. The van der Waals surface area contributed by atoms with E-state index in [2.05, 4.69) is 25.3 Å². The maximum atomic E-state index is 13.3. The Hall–Kier alpha value is -3.24. The summed E-state index contributed by atoms with van der Waals surface area (Å²) in [7, 11) is 0. The summed E-state index contributed by atoms with van der Waals surface area (Å²) in [5.74, 6) is 0.117. The van der Waals surface area contributed by atoms with Crippen LogP contribution in [-0.4, -0.2) is 29.4 Å². The van der Waals surface area contributed by atoms with Gasteiger partial charge in [-0.15, -0.1) is 24.5 Å². The molecule has 0 spiro atoms. The van der Waals surface area contributed by atoms with E-state index < -0.39 is 6.36 Å². The molecule has 5 nitrogen and oxygen atoms in total. The van der Waals surface area contributed by atoms with Gasteiger partial charge in [0, 0.05) is 30.6 Å². The van der Waals surface area contributed by atoms with Crippen LogP contribution in [0.25, 0.3) is 21.3 Å². The van der Waals surface area contributed by atoms with Crippen molar-refractivity contribution in [2.75, 3.05) is 18.4 Å². The molecule has 0 aliphatic carbocycles. The van der Waals surface area contributed by atoms with Crippen LogP contribution in [0.1, 0.15) is 5.56 Å². The van der Waals surface area contributed by atoms with E-state index in [4.69, 9.17) is 0 Å². The Morgan fingerprint density at radius 2 is 1.81 bits per heavy atom. The van der Waals surface area contributed by atoms with Gasteiger partial charge in [-0.1, -0.05) is 24.3 Å². The Labute approximate surface area is 185 Å². The number of rotatable bonds is 8. The van der Waals surface area contributed by atoms with Gasteiger partial charge < -0.3 is 15.4 Å². The Morgan fingerprint density at radius 3 is 2.59 bits per heavy atom. The lowest BCUT2D eigenvalue weighted by Gasteiger charge is -2.11. The summed E-state index contributed by atoms with van der Waals surface area (Å²) in [6.45, 7) is 1.46. The lowest BCUT2D eigenvalue weighted by Crippen LogP contribution is -2.22. The average Bonchev–Trinajstić information content (AvgIpc) is 3.18. The van der Waals surface area contributed by atoms with Gasteiger partial charge in [-0.05, 0) is 35.4 Å². The highest BCUT2D eigenvalue weighted by Gasteiger charge is 2.31. The molecule has 0 fully saturated rings. The van der Waals surface area contributed by atoms with E-state index in [0.29, 0.717) is 31.0 Å². The van der Waals surface area contributed by atoms with E-state index in [1.807, 2.05) is 5.38 Å². The number of fused-ring (bicyclic) bond motifs is 1. The van der Waals surface area contributed by atoms with Crippen LogP contribution >= 0.6 is 11.3 Å². The second-order valence-corrected chi connectivity index (χ2v) is 7.72. The van der Waals surface area contributed by atoms with Gasteiger partial charge in [0.15, 0.2) is 0 Å². The topological polar surface area (TPSA) is 59.1 Å². The third kappa shape index (κ3) is 5.51. The zero-order chi connectivity index (χ0) is 22.6. The summed E-state index contributed by atoms with van der Waals surface area (Å²) in [5.41, 5.74) is 2.46. The van der Waals surface area contributed by atoms with Crippen molar-refractivity contribution in [3.05, 3.63) is 71.6 Å². The van der Waals surface area contributed by atoms with Gasteiger partial charge >= 0.3 is 6.36 Å². The molecule has 4 aromatic rings. The number of nitrogens with one attached hydrogen (secondary N) is 2. The summed E-state index contributed by atoms with van der Waals surface area (Å²) < 4.78 is 54.3. The Morgan fingerprint density at radius 1 is 1.00 bits per heavy atom. The first-order valence-electron chi connectivity index (χ1n) is 9.66. The van der Waals surface area contributed by atoms with Gasteiger partial charge in [0.1, 0.15) is 28.5 Å². The summed E-state index contributed by atoms with van der Waals surface area (Å²) in [6, 6.07) is 12.1. The van der Waals surface area contributed by atoms with Crippen LogP contribution in [0.4, 0.5) is 23.4 Å². The third-order valence-electron chi connectivity index (χ3n) is 4.58. The fraction of sp³-hybridized carbons (Fsp3) is 0.182. The van der Waals surface area contributed by atoms with E-state index in [1.54, 1.807) is 18.2 Å². The number of ether oxygens (including phenoxy) is 1. The molecular formula is C22H18F4N4OS. The minimum atomic E-state index is -4.72. The molecule has 0 aliphatic heterocycles. The highest BCUT2D eigenvalue weighted by atomic mass is 32.1. The molecule has 0 atom stereocenters. The standard InChI is InChI=1S/C22H18F4N4OS/c23-16-6-4-15(5-7-16)18-12-32-21-19(18)20(29-13-30-21)28-9-8-27-11-14-2-1-3-17(10-14)31-22(24,25)26/h1-7,10,12-13,27H,8-9,11H2,(H,28,29,30). The van der Waals surface area contributed by atoms with Crippen molar-refractivity contribution in [2.24, 2.45) is 0 Å². The van der Waals surface area contributed by atoms with Crippen LogP contribution in [0.2, 0.25) is 0 Å². The summed E-state index contributed by atoms with van der Waals surface area (Å²) >= 11 is 1.48. The van der Waals surface area contributed by atoms with Crippen LogP contribution in [0, 0.1) is 5.82 Å². The van der Waals surface area contributed by atoms with Crippen molar-refractivity contribution in [2.45, 2.75) is 12.9 Å². The first-order chi connectivity index (χ1) is 15.4. The van der Waals surface area contributed by atoms with Gasteiger partial charge in [-0.3, -0.25) is 0 Å². The lowest BCUT2D eigenvalue weighted by atomic mass is 10.1. The van der Waals surface area contributed by atoms with Crippen LogP contribution < -0.4 is 15.4 Å². The summed E-state index contributed by atoms with van der Waals surface area (Å²) in [6.07, 6.45) is -3.23. The Kier molecular flexibility index (Phi) is 6.52. The van der Waals surface area contributed by atoms with Crippen molar-refractivity contribution in [3.8, 4) is 16.9 Å². The predicted octanol–water partition coefficient (Wildman–Crippen LogP) is 5.60. The molecular weight excluding hydrogens is 444 g/mol. The lowest BCUT2D eigenvalue weighted by molar-refractivity contribution is -0.274. The molecule has 4 rings (SSSR count). The Bertz CT molecular complexity index is 1190. The number of alkyl halides is 3. The molecule has 0 bridgehead atoms. The molecule has 2 N–H and O–H groups in total. The van der Waals surface area contributed by atoms with E-state index in [9.17, 15) is 17.6 Å². The molecule has 2 heterocycles. The SMILES string of the molecule is Fc1ccc(-c2csc3ncnc(NCCNCc4cccc(OC(F)(F)F)c4)c23)cc1. The molecule has 2 aromatic heterocycles. The minimum absolute atomic E-state index is 0.246. The first-order valence-corrected chi connectivity index (χ1v) is 10.5. The summed E-state index contributed by atoms with van der Waals surface area (Å²) in [5, 5.41) is 9.27. The number of thiophene rings is 1. The van der Waals surface area contributed by atoms with Crippen molar-refractivity contribution in [1.82, 2.24) is 15.3 Å². The highest BCUT2D eigenvalue weighted by molar-refractivity contribution is 7.17. The highest BCUT2D eigenvalue weighted by Crippen LogP contribution is 2.36. The van der Waals surface area contributed by atoms with Crippen LogP contribution in [-0.2, 0) is 6.54 Å². The minimum Gasteiger partial charge on any atom is -0.406 e. The molecule has 0 saturated carbocycles. The molecule has 0 unspecified atom stereocenters. The molecule has 0 radical (unpaired) electrons. The number of halogens is 4. The fourth-order valence-corrected chi connectivity index (χ4v) is 4.12. The van der Waals surface area contributed by atoms with Gasteiger partial charge in [0.25, 0.3) is 0 Å². The summed E-state index contributed by atoms with van der Waals surface area (Å²) in [4.78, 5) is 9.47. The molecule has 0 amide bonds. The maximum absolute atomic E-state index is 13.3. The van der Waals surface area contributed by atoms with E-state index in [0.717, 1.165) is 21.3 Å². The van der Waals surface area contributed by atoms with E-state index in [-0.39, 0.29) is 11.6 Å². The molecule has 0 aliphatic rings. The molecule has 2 aromatic carbocycles. The number of benzene rings is 2. The van der Waals surface area contributed by atoms with Crippen LogP contribution in [0.15, 0.2) is 60.2 Å². The monoisotopic (exact) mass is 462 g/mol. The van der Waals surface area contributed by atoms with Gasteiger partial charge in [-0.25, -0.2) is 14.4 Å². The quantitative estimate of drug-likeness (QED) is 0.264. The maximum Gasteiger partial charge on any atom is 0.573 e. The third-order valence-corrected chi connectivity index (χ3v) is 5.47. The number of nitrogens with zero attached hydrogens (tertiary/aromatic N) is 2. The zero-order valence-corrected chi connectivity index (χ0v) is 17.4. The first kappa shape index (κ1) is 22.0. The number of hydrogen-bond acceptors (Lipinski definition) is 6.